The molecule has 0 aliphatic carbocycles. The van der Waals surface area contributed by atoms with Crippen LogP contribution < -0.4 is 0 Å². The van der Waals surface area contributed by atoms with E-state index in [0.717, 1.165) is 31.2 Å². The molecule has 0 bridgehead atoms. The van der Waals surface area contributed by atoms with Gasteiger partial charge in [-0.05, 0) is 34.4 Å². The second-order valence-corrected chi connectivity index (χ2v) is 7.26. The van der Waals surface area contributed by atoms with E-state index in [-0.39, 0.29) is 18.6 Å². The molecular weight excluding hydrogens is 396 g/mol. The molecule has 0 saturated heterocycles. The maximum atomic E-state index is 9.26. The number of rotatable bonds is 4. The summed E-state index contributed by atoms with van der Waals surface area (Å²) < 4.78 is 1.84. The molecule has 2 aromatic rings. The molecule has 21 heavy (non-hydrogen) atoms. The van der Waals surface area contributed by atoms with Crippen molar-refractivity contribution < 1.29 is 10.2 Å². The van der Waals surface area contributed by atoms with Crippen LogP contribution in [0, 0.1) is 0 Å². The number of aliphatic hydroxyl groups excluding tert-OH is 2. The molecule has 2 N–H and O–H groups in total. The Morgan fingerprint density at radius 2 is 1.19 bits per heavy atom. The first kappa shape index (κ1) is 16.7. The van der Waals surface area contributed by atoms with E-state index < -0.39 is 0 Å². The minimum atomic E-state index is -0.174. The Labute approximate surface area is 142 Å². The fraction of sp³-hybridized carbons (Fsp3) is 0.294. The molecule has 0 heterocycles. The van der Waals surface area contributed by atoms with E-state index >= 15 is 0 Å². The van der Waals surface area contributed by atoms with Crippen LogP contribution in [0.3, 0.4) is 0 Å². The molecule has 0 aliphatic heterocycles. The van der Waals surface area contributed by atoms with Gasteiger partial charge in [0.05, 0.1) is 13.2 Å². The van der Waals surface area contributed by atoms with Crippen LogP contribution in [0.5, 0.6) is 0 Å². The molecule has 0 saturated carbocycles. The lowest BCUT2D eigenvalue weighted by atomic mass is 9.78. The van der Waals surface area contributed by atoms with Crippen molar-refractivity contribution in [3.8, 4) is 0 Å². The SMILES string of the molecule is CC(C)(c1ccc(CO)c(Br)c1)c1ccc(CO)c(Br)c1. The average Bonchev–Trinajstić information content (AvgIpc) is 2.47. The summed E-state index contributed by atoms with van der Waals surface area (Å²) >= 11 is 7.01. The summed E-state index contributed by atoms with van der Waals surface area (Å²) in [6.45, 7) is 4.37. The molecule has 0 atom stereocenters. The summed E-state index contributed by atoms with van der Waals surface area (Å²) in [5.74, 6) is 0. The van der Waals surface area contributed by atoms with E-state index in [4.69, 9.17) is 0 Å². The monoisotopic (exact) mass is 412 g/mol. The summed E-state index contributed by atoms with van der Waals surface area (Å²) in [5, 5.41) is 18.5. The van der Waals surface area contributed by atoms with Crippen LogP contribution in [-0.4, -0.2) is 10.2 Å². The van der Waals surface area contributed by atoms with Crippen molar-refractivity contribution in [3.05, 3.63) is 67.6 Å². The molecule has 0 fully saturated rings. The third kappa shape index (κ3) is 3.39. The van der Waals surface area contributed by atoms with Crippen LogP contribution in [0.25, 0.3) is 0 Å². The summed E-state index contributed by atoms with van der Waals surface area (Å²) in [6, 6.07) is 12.1. The molecule has 0 unspecified atom stereocenters. The van der Waals surface area contributed by atoms with Gasteiger partial charge >= 0.3 is 0 Å². The summed E-state index contributed by atoms with van der Waals surface area (Å²) in [4.78, 5) is 0. The topological polar surface area (TPSA) is 40.5 Å². The second kappa shape index (κ2) is 6.61. The number of benzene rings is 2. The lowest BCUT2D eigenvalue weighted by Gasteiger charge is -2.27. The normalized spacial score (nSPS) is 11.7. The maximum absolute atomic E-state index is 9.26. The van der Waals surface area contributed by atoms with Crippen molar-refractivity contribution in [1.82, 2.24) is 0 Å². The Hall–Kier alpha value is -0.680. The highest BCUT2D eigenvalue weighted by Crippen LogP contribution is 2.35. The summed E-state index contributed by atoms with van der Waals surface area (Å²) in [5.41, 5.74) is 3.91. The van der Waals surface area contributed by atoms with Crippen LogP contribution in [0.15, 0.2) is 45.3 Å². The zero-order chi connectivity index (χ0) is 15.6. The highest BCUT2D eigenvalue weighted by Gasteiger charge is 2.24. The van der Waals surface area contributed by atoms with Gasteiger partial charge in [0.2, 0.25) is 0 Å². The Morgan fingerprint density at radius 1 is 0.810 bits per heavy atom. The highest BCUT2D eigenvalue weighted by atomic mass is 79.9. The van der Waals surface area contributed by atoms with Crippen LogP contribution in [0.1, 0.15) is 36.1 Å². The quantitative estimate of drug-likeness (QED) is 0.773. The molecule has 0 aromatic heterocycles. The van der Waals surface area contributed by atoms with E-state index in [0.29, 0.717) is 0 Å². The third-order valence-electron chi connectivity index (χ3n) is 3.89. The summed E-state index contributed by atoms with van der Waals surface area (Å²) in [6.07, 6.45) is 0. The Bertz CT molecular complexity index is 596. The lowest BCUT2D eigenvalue weighted by molar-refractivity contribution is 0.281. The van der Waals surface area contributed by atoms with Crippen molar-refractivity contribution >= 4 is 31.9 Å². The molecule has 2 aromatic carbocycles. The van der Waals surface area contributed by atoms with E-state index in [1.807, 2.05) is 24.3 Å². The molecule has 2 rings (SSSR count). The molecule has 4 heteroatoms. The van der Waals surface area contributed by atoms with Gasteiger partial charge in [-0.3, -0.25) is 0 Å². The first-order valence-electron chi connectivity index (χ1n) is 6.69. The molecule has 112 valence electrons. The fourth-order valence-electron chi connectivity index (χ4n) is 2.30. The molecular formula is C17H18Br2O2. The van der Waals surface area contributed by atoms with Crippen LogP contribution in [0.4, 0.5) is 0 Å². The molecule has 2 nitrogen and oxygen atoms in total. The second-order valence-electron chi connectivity index (χ2n) is 5.55. The van der Waals surface area contributed by atoms with Crippen molar-refractivity contribution in [2.75, 3.05) is 0 Å². The maximum Gasteiger partial charge on any atom is 0.0692 e. The number of halogens is 2. The van der Waals surface area contributed by atoms with Crippen LogP contribution in [-0.2, 0) is 18.6 Å². The minimum Gasteiger partial charge on any atom is -0.392 e. The van der Waals surface area contributed by atoms with Crippen LogP contribution >= 0.6 is 31.9 Å². The van der Waals surface area contributed by atoms with Gasteiger partial charge in [-0.25, -0.2) is 0 Å². The number of hydrogen-bond acceptors (Lipinski definition) is 2. The first-order chi connectivity index (χ1) is 9.90. The van der Waals surface area contributed by atoms with Gasteiger partial charge in [0.25, 0.3) is 0 Å². The van der Waals surface area contributed by atoms with Crippen molar-refractivity contribution in [3.63, 3.8) is 0 Å². The Balaban J connectivity index is 2.45. The first-order valence-corrected chi connectivity index (χ1v) is 8.28. The van der Waals surface area contributed by atoms with Gasteiger partial charge in [0.1, 0.15) is 0 Å². The predicted octanol–water partition coefficient (Wildman–Crippen LogP) is 4.52. The van der Waals surface area contributed by atoms with Crippen molar-refractivity contribution in [1.29, 1.82) is 0 Å². The largest absolute Gasteiger partial charge is 0.392 e. The molecule has 0 aliphatic rings. The minimum absolute atomic E-state index is 0.0258. The van der Waals surface area contributed by atoms with Crippen molar-refractivity contribution in [2.45, 2.75) is 32.5 Å². The number of hydrogen-bond donors (Lipinski definition) is 2. The van der Waals surface area contributed by atoms with Gasteiger partial charge in [0.15, 0.2) is 0 Å². The zero-order valence-corrected chi connectivity index (χ0v) is 15.2. The van der Waals surface area contributed by atoms with E-state index in [1.165, 1.54) is 0 Å². The Morgan fingerprint density at radius 3 is 1.48 bits per heavy atom. The van der Waals surface area contributed by atoms with Gasteiger partial charge in [0, 0.05) is 14.4 Å². The predicted molar refractivity (Wildman–Crippen MR) is 92.3 cm³/mol. The van der Waals surface area contributed by atoms with Gasteiger partial charge in [-0.15, -0.1) is 0 Å². The zero-order valence-electron chi connectivity index (χ0n) is 12.0. The standard InChI is InChI=1S/C17H18Br2O2/c1-17(2,13-5-3-11(9-20)15(18)7-13)14-6-4-12(10-21)16(19)8-14/h3-8,20-21H,9-10H2,1-2H3. The third-order valence-corrected chi connectivity index (χ3v) is 5.37. The van der Waals surface area contributed by atoms with Gasteiger partial charge in [-0.1, -0.05) is 70.0 Å². The van der Waals surface area contributed by atoms with Gasteiger partial charge < -0.3 is 10.2 Å². The molecule has 0 radical (unpaired) electrons. The average molecular weight is 414 g/mol. The van der Waals surface area contributed by atoms with Gasteiger partial charge in [-0.2, -0.15) is 0 Å². The smallest absolute Gasteiger partial charge is 0.0692 e. The fourth-order valence-corrected chi connectivity index (χ4v) is 3.30. The van der Waals surface area contributed by atoms with E-state index in [9.17, 15) is 10.2 Å². The number of aliphatic hydroxyl groups is 2. The summed E-state index contributed by atoms with van der Waals surface area (Å²) in [7, 11) is 0. The van der Waals surface area contributed by atoms with Crippen LogP contribution in [0.2, 0.25) is 0 Å². The Kier molecular flexibility index (Phi) is 5.25. The highest BCUT2D eigenvalue weighted by molar-refractivity contribution is 9.10. The van der Waals surface area contributed by atoms with Crippen molar-refractivity contribution in [2.24, 2.45) is 0 Å². The van der Waals surface area contributed by atoms with E-state index in [2.05, 4.69) is 57.8 Å². The molecule has 0 spiro atoms. The lowest BCUT2D eigenvalue weighted by Crippen LogP contribution is -2.19. The molecule has 0 amide bonds. The van der Waals surface area contributed by atoms with E-state index in [1.54, 1.807) is 0 Å².